The van der Waals surface area contributed by atoms with Crippen LogP contribution in [0.5, 0.6) is 5.75 Å². The Kier molecular flexibility index (Phi) is 7.69. The molecule has 1 aromatic heterocycles. The van der Waals surface area contributed by atoms with E-state index in [9.17, 15) is 4.79 Å². The van der Waals surface area contributed by atoms with E-state index in [-0.39, 0.29) is 5.91 Å². The van der Waals surface area contributed by atoms with E-state index in [1.54, 1.807) is 17.4 Å². The molecule has 0 bridgehead atoms. The van der Waals surface area contributed by atoms with Gasteiger partial charge in [0.05, 0.1) is 10.7 Å². The normalized spacial score (nSPS) is 14.7. The third kappa shape index (κ3) is 6.28. The van der Waals surface area contributed by atoms with Gasteiger partial charge in [-0.2, -0.15) is 0 Å². The van der Waals surface area contributed by atoms with Gasteiger partial charge in [0, 0.05) is 49.7 Å². The second-order valence-corrected chi connectivity index (χ2v) is 8.98. The maximum atomic E-state index is 12.7. The van der Waals surface area contributed by atoms with Gasteiger partial charge in [0.25, 0.3) is 0 Å². The molecular formula is C26H29N3O2S. The van der Waals surface area contributed by atoms with Crippen LogP contribution in [0.2, 0.25) is 0 Å². The molecule has 166 valence electrons. The Morgan fingerprint density at radius 1 is 1.06 bits per heavy atom. The fraction of sp³-hybridized carbons (Fsp3) is 0.308. The summed E-state index contributed by atoms with van der Waals surface area (Å²) in [7, 11) is 0. The minimum Gasteiger partial charge on any atom is -0.487 e. The Balaban J connectivity index is 1.26. The van der Waals surface area contributed by atoms with Gasteiger partial charge in [-0.1, -0.05) is 48.5 Å². The number of rotatable bonds is 8. The third-order valence-corrected chi connectivity index (χ3v) is 6.43. The molecule has 1 aliphatic heterocycles. The molecule has 6 heteroatoms. The van der Waals surface area contributed by atoms with Crippen molar-refractivity contribution in [1.29, 1.82) is 0 Å². The van der Waals surface area contributed by atoms with Gasteiger partial charge in [0.1, 0.15) is 12.4 Å². The monoisotopic (exact) mass is 447 g/mol. The largest absolute Gasteiger partial charge is 0.487 e. The minimum absolute atomic E-state index is 0.0534. The second-order valence-electron chi connectivity index (χ2n) is 7.92. The smallest absolute Gasteiger partial charge is 0.246 e. The molecule has 1 aliphatic rings. The summed E-state index contributed by atoms with van der Waals surface area (Å²) < 4.78 is 5.95. The van der Waals surface area contributed by atoms with E-state index >= 15 is 0 Å². The molecule has 1 amide bonds. The highest BCUT2D eigenvalue weighted by atomic mass is 32.1. The summed E-state index contributed by atoms with van der Waals surface area (Å²) in [6.45, 7) is 6.80. The van der Waals surface area contributed by atoms with Crippen molar-refractivity contribution in [2.24, 2.45) is 0 Å². The number of benzene rings is 2. The van der Waals surface area contributed by atoms with E-state index in [1.165, 1.54) is 5.56 Å². The van der Waals surface area contributed by atoms with Crippen molar-refractivity contribution >= 4 is 23.3 Å². The number of amides is 1. The maximum absolute atomic E-state index is 12.7. The fourth-order valence-electron chi connectivity index (χ4n) is 3.77. The van der Waals surface area contributed by atoms with E-state index in [1.807, 2.05) is 53.6 Å². The number of carbonyl (C=O) groups excluding carboxylic acids is 1. The van der Waals surface area contributed by atoms with Crippen LogP contribution in [0.25, 0.3) is 6.08 Å². The number of thiazole rings is 1. The number of piperazine rings is 1. The Morgan fingerprint density at radius 3 is 2.56 bits per heavy atom. The zero-order chi connectivity index (χ0) is 22.2. The van der Waals surface area contributed by atoms with Crippen LogP contribution in [0.4, 0.5) is 0 Å². The third-order valence-electron chi connectivity index (χ3n) is 5.61. The zero-order valence-electron chi connectivity index (χ0n) is 18.4. The summed E-state index contributed by atoms with van der Waals surface area (Å²) >= 11 is 1.62. The van der Waals surface area contributed by atoms with Crippen LogP contribution in [0, 0.1) is 6.92 Å². The summed E-state index contributed by atoms with van der Waals surface area (Å²) in [6, 6.07) is 18.3. The van der Waals surface area contributed by atoms with Crippen LogP contribution in [-0.2, 0) is 17.8 Å². The first kappa shape index (κ1) is 22.2. The summed E-state index contributed by atoms with van der Waals surface area (Å²) in [5.74, 6) is 0.811. The van der Waals surface area contributed by atoms with Crippen LogP contribution in [0.3, 0.4) is 0 Å². The summed E-state index contributed by atoms with van der Waals surface area (Å²) in [6.07, 6.45) is 4.56. The molecule has 0 unspecified atom stereocenters. The molecule has 0 aliphatic carbocycles. The lowest BCUT2D eigenvalue weighted by molar-refractivity contribution is -0.127. The lowest BCUT2D eigenvalue weighted by Crippen LogP contribution is -2.48. The van der Waals surface area contributed by atoms with Gasteiger partial charge in [0.15, 0.2) is 0 Å². The van der Waals surface area contributed by atoms with Crippen molar-refractivity contribution in [1.82, 2.24) is 14.8 Å². The molecular weight excluding hydrogens is 418 g/mol. The van der Waals surface area contributed by atoms with Crippen molar-refractivity contribution in [3.05, 3.63) is 87.9 Å². The number of ether oxygens (including phenoxy) is 1. The zero-order valence-corrected chi connectivity index (χ0v) is 19.3. The molecule has 0 atom stereocenters. The van der Waals surface area contributed by atoms with Crippen LogP contribution < -0.4 is 4.74 Å². The predicted molar refractivity (Wildman–Crippen MR) is 130 cm³/mol. The lowest BCUT2D eigenvalue weighted by atomic mass is 10.1. The highest BCUT2D eigenvalue weighted by Crippen LogP contribution is 2.21. The number of nitrogens with zero attached hydrogens (tertiary/aromatic N) is 3. The van der Waals surface area contributed by atoms with Crippen LogP contribution in [-0.4, -0.2) is 53.4 Å². The Bertz CT molecular complexity index is 1040. The summed E-state index contributed by atoms with van der Waals surface area (Å²) in [5, 5.41) is 3.04. The minimum atomic E-state index is 0.0534. The van der Waals surface area contributed by atoms with Gasteiger partial charge in [-0.05, 0) is 31.1 Å². The van der Waals surface area contributed by atoms with Gasteiger partial charge < -0.3 is 9.64 Å². The van der Waals surface area contributed by atoms with E-state index in [0.29, 0.717) is 6.61 Å². The molecule has 0 N–H and O–H groups in total. The van der Waals surface area contributed by atoms with Crippen LogP contribution in [0.1, 0.15) is 21.8 Å². The molecule has 0 radical (unpaired) electrons. The van der Waals surface area contributed by atoms with Gasteiger partial charge in [0.2, 0.25) is 5.91 Å². The number of carbonyl (C=O) groups is 1. The lowest BCUT2D eigenvalue weighted by Gasteiger charge is -2.34. The van der Waals surface area contributed by atoms with Gasteiger partial charge >= 0.3 is 0 Å². The molecule has 2 aromatic carbocycles. The quantitative estimate of drug-likeness (QED) is 0.479. The van der Waals surface area contributed by atoms with Crippen molar-refractivity contribution in [3.63, 3.8) is 0 Å². The fourth-order valence-corrected chi connectivity index (χ4v) is 4.36. The number of aromatic nitrogens is 1. The maximum Gasteiger partial charge on any atom is 0.246 e. The first-order valence-corrected chi connectivity index (χ1v) is 11.9. The number of hydrogen-bond acceptors (Lipinski definition) is 5. The van der Waals surface area contributed by atoms with Gasteiger partial charge in [-0.25, -0.2) is 4.98 Å². The van der Waals surface area contributed by atoms with E-state index in [2.05, 4.69) is 34.1 Å². The van der Waals surface area contributed by atoms with E-state index in [0.717, 1.165) is 61.2 Å². The van der Waals surface area contributed by atoms with Crippen LogP contribution >= 0.6 is 11.3 Å². The first-order valence-electron chi connectivity index (χ1n) is 11.0. The molecule has 5 nitrogen and oxygen atoms in total. The first-order chi connectivity index (χ1) is 15.7. The summed E-state index contributed by atoms with van der Waals surface area (Å²) in [4.78, 5) is 21.5. The molecule has 1 saturated heterocycles. The van der Waals surface area contributed by atoms with Crippen molar-refractivity contribution in [2.45, 2.75) is 20.0 Å². The molecule has 1 fully saturated rings. The van der Waals surface area contributed by atoms with Crippen LogP contribution in [0.15, 0.2) is 66.1 Å². The van der Waals surface area contributed by atoms with Crippen molar-refractivity contribution < 1.29 is 9.53 Å². The molecule has 0 saturated carbocycles. The summed E-state index contributed by atoms with van der Waals surface area (Å²) in [5.41, 5.74) is 3.18. The Morgan fingerprint density at radius 2 is 1.81 bits per heavy atom. The predicted octanol–water partition coefficient (Wildman–Crippen LogP) is 4.43. The van der Waals surface area contributed by atoms with Gasteiger partial charge in [-0.3, -0.25) is 9.69 Å². The molecule has 4 rings (SSSR count). The van der Waals surface area contributed by atoms with Crippen molar-refractivity contribution in [2.75, 3.05) is 32.7 Å². The topological polar surface area (TPSA) is 45.7 Å². The standard InChI is InChI=1S/C26H29N3O2S/c1-21-27-24(20-32-21)19-31-25-10-6-5-9-23(25)11-12-26(30)29-17-15-28(16-18-29)14-13-22-7-3-2-4-8-22/h2-12,20H,13-19H2,1H3/b12-11+. The molecule has 0 spiro atoms. The number of para-hydroxylation sites is 1. The highest BCUT2D eigenvalue weighted by molar-refractivity contribution is 7.09. The van der Waals surface area contributed by atoms with Gasteiger partial charge in [-0.15, -0.1) is 11.3 Å². The number of hydrogen-bond donors (Lipinski definition) is 0. The van der Waals surface area contributed by atoms with Crippen molar-refractivity contribution in [3.8, 4) is 5.75 Å². The van der Waals surface area contributed by atoms with E-state index in [4.69, 9.17) is 4.74 Å². The van der Waals surface area contributed by atoms with E-state index < -0.39 is 0 Å². The molecule has 3 aromatic rings. The molecule has 32 heavy (non-hydrogen) atoms. The SMILES string of the molecule is Cc1nc(COc2ccccc2/C=C/C(=O)N2CCN(CCc3ccccc3)CC2)cs1. The second kappa shape index (κ2) is 11.1. The number of aryl methyl sites for hydroxylation is 1. The Labute approximate surface area is 194 Å². The molecule has 2 heterocycles. The average molecular weight is 448 g/mol. The average Bonchev–Trinajstić information content (AvgIpc) is 3.26. The highest BCUT2D eigenvalue weighted by Gasteiger charge is 2.19. The Hall–Kier alpha value is -2.96.